The summed E-state index contributed by atoms with van der Waals surface area (Å²) in [5.41, 5.74) is 0. The number of rotatable bonds is 5. The van der Waals surface area contributed by atoms with E-state index < -0.39 is 18.4 Å². The van der Waals surface area contributed by atoms with E-state index in [0.717, 1.165) is 12.8 Å². The number of hydrogen-bond donors (Lipinski definition) is 3. The molecule has 0 aromatic heterocycles. The lowest BCUT2D eigenvalue weighted by molar-refractivity contribution is -0.137. The van der Waals surface area contributed by atoms with Gasteiger partial charge in [0.05, 0.1) is 6.54 Å². The molecular formula is C11H16N2O4. The number of aliphatic carboxylic acids is 1. The van der Waals surface area contributed by atoms with Crippen LogP contribution in [0.1, 0.15) is 19.3 Å². The highest BCUT2D eigenvalue weighted by molar-refractivity contribution is 5.88. The van der Waals surface area contributed by atoms with Crippen molar-refractivity contribution < 1.29 is 19.5 Å². The van der Waals surface area contributed by atoms with Crippen molar-refractivity contribution >= 4 is 17.8 Å². The van der Waals surface area contributed by atoms with Gasteiger partial charge in [0.25, 0.3) is 0 Å². The van der Waals surface area contributed by atoms with E-state index in [0.29, 0.717) is 11.8 Å². The van der Waals surface area contributed by atoms with Gasteiger partial charge in [-0.15, -0.1) is 0 Å². The molecule has 94 valence electrons. The van der Waals surface area contributed by atoms with Crippen molar-refractivity contribution in [1.82, 2.24) is 10.6 Å². The summed E-state index contributed by atoms with van der Waals surface area (Å²) in [7, 11) is 0. The number of carbonyl (C=O) groups excluding carboxylic acids is 2. The molecule has 0 spiro atoms. The fourth-order valence-electron chi connectivity index (χ4n) is 2.73. The van der Waals surface area contributed by atoms with Crippen LogP contribution in [0.2, 0.25) is 0 Å². The first kappa shape index (κ1) is 11.9. The topological polar surface area (TPSA) is 95.5 Å². The summed E-state index contributed by atoms with van der Waals surface area (Å²) in [5.74, 6) is -0.483. The second-order valence-corrected chi connectivity index (χ2v) is 4.67. The summed E-state index contributed by atoms with van der Waals surface area (Å²) < 4.78 is 0. The standard InChI is InChI=1S/C11H16N2O4/c14-8(12-5-9(15)16)4-13-11(17)10-6-2-1-3-7(6)10/h6-7,10H,1-5H2,(H,12,14)(H,13,17)(H,15,16). The summed E-state index contributed by atoms with van der Waals surface area (Å²) >= 11 is 0. The van der Waals surface area contributed by atoms with Gasteiger partial charge >= 0.3 is 5.97 Å². The second-order valence-electron chi connectivity index (χ2n) is 4.67. The summed E-state index contributed by atoms with van der Waals surface area (Å²) in [6.07, 6.45) is 3.44. The Balaban J connectivity index is 1.63. The van der Waals surface area contributed by atoms with Crippen LogP contribution in [0.25, 0.3) is 0 Å². The predicted molar refractivity (Wildman–Crippen MR) is 58.0 cm³/mol. The Labute approximate surface area is 98.8 Å². The molecule has 2 saturated carbocycles. The highest BCUT2D eigenvalue weighted by Gasteiger charge is 2.56. The Morgan fingerprint density at radius 2 is 1.71 bits per heavy atom. The van der Waals surface area contributed by atoms with E-state index in [1.165, 1.54) is 6.42 Å². The number of carboxylic acids is 1. The van der Waals surface area contributed by atoms with Crippen LogP contribution >= 0.6 is 0 Å². The van der Waals surface area contributed by atoms with Gasteiger partial charge in [0.15, 0.2) is 0 Å². The molecule has 0 saturated heterocycles. The van der Waals surface area contributed by atoms with Crippen molar-refractivity contribution in [2.24, 2.45) is 17.8 Å². The van der Waals surface area contributed by atoms with Crippen LogP contribution in [-0.4, -0.2) is 36.0 Å². The van der Waals surface area contributed by atoms with Crippen LogP contribution in [0, 0.1) is 17.8 Å². The maximum absolute atomic E-state index is 11.7. The zero-order chi connectivity index (χ0) is 12.4. The minimum absolute atomic E-state index is 0.0647. The van der Waals surface area contributed by atoms with Gasteiger partial charge in [-0.05, 0) is 24.7 Å². The summed E-state index contributed by atoms with van der Waals surface area (Å²) in [4.78, 5) is 33.0. The van der Waals surface area contributed by atoms with E-state index in [4.69, 9.17) is 5.11 Å². The maximum Gasteiger partial charge on any atom is 0.322 e. The van der Waals surface area contributed by atoms with Crippen molar-refractivity contribution in [2.75, 3.05) is 13.1 Å². The number of amides is 2. The normalized spacial score (nSPS) is 29.3. The maximum atomic E-state index is 11.7. The monoisotopic (exact) mass is 240 g/mol. The molecule has 6 heteroatoms. The molecule has 2 rings (SSSR count). The van der Waals surface area contributed by atoms with Gasteiger partial charge in [-0.1, -0.05) is 6.42 Å². The number of carbonyl (C=O) groups is 3. The van der Waals surface area contributed by atoms with Crippen LogP contribution in [0.4, 0.5) is 0 Å². The molecule has 0 aromatic carbocycles. The zero-order valence-electron chi connectivity index (χ0n) is 9.44. The van der Waals surface area contributed by atoms with Gasteiger partial charge in [0.2, 0.25) is 11.8 Å². The highest BCUT2D eigenvalue weighted by Crippen LogP contribution is 2.57. The summed E-state index contributed by atoms with van der Waals surface area (Å²) in [5, 5.41) is 13.1. The molecule has 2 aliphatic carbocycles. The average molecular weight is 240 g/mol. The minimum atomic E-state index is -1.10. The molecule has 0 aliphatic heterocycles. The number of nitrogens with one attached hydrogen (secondary N) is 2. The fraction of sp³-hybridized carbons (Fsp3) is 0.727. The molecule has 2 fully saturated rings. The van der Waals surface area contributed by atoms with Crippen LogP contribution in [0.3, 0.4) is 0 Å². The largest absolute Gasteiger partial charge is 0.480 e. The Hall–Kier alpha value is -1.59. The molecule has 2 aliphatic rings. The molecule has 6 nitrogen and oxygen atoms in total. The van der Waals surface area contributed by atoms with Crippen LogP contribution < -0.4 is 10.6 Å². The lowest BCUT2D eigenvalue weighted by Gasteiger charge is -2.06. The molecular weight excluding hydrogens is 224 g/mol. The molecule has 0 heterocycles. The molecule has 2 amide bonds. The van der Waals surface area contributed by atoms with Crippen LogP contribution in [0.15, 0.2) is 0 Å². The van der Waals surface area contributed by atoms with Gasteiger partial charge < -0.3 is 15.7 Å². The quantitative estimate of drug-likeness (QED) is 0.595. The Kier molecular flexibility index (Phi) is 3.31. The van der Waals surface area contributed by atoms with Gasteiger partial charge in [0, 0.05) is 5.92 Å². The number of carboxylic acid groups (broad SMARTS) is 1. The van der Waals surface area contributed by atoms with Gasteiger partial charge in [0.1, 0.15) is 6.54 Å². The zero-order valence-corrected chi connectivity index (χ0v) is 9.44. The SMILES string of the molecule is O=C(O)CNC(=O)CNC(=O)C1C2CCCC21. The van der Waals surface area contributed by atoms with E-state index in [1.54, 1.807) is 0 Å². The molecule has 0 aromatic rings. The lowest BCUT2D eigenvalue weighted by atomic mass is 10.1. The number of hydrogen-bond acceptors (Lipinski definition) is 3. The van der Waals surface area contributed by atoms with E-state index in [1.807, 2.05) is 0 Å². The molecule has 2 unspecified atom stereocenters. The Morgan fingerprint density at radius 1 is 1.06 bits per heavy atom. The van der Waals surface area contributed by atoms with Crippen LogP contribution in [0.5, 0.6) is 0 Å². The number of fused-ring (bicyclic) bond motifs is 1. The third-order valence-corrected chi connectivity index (χ3v) is 3.57. The smallest absolute Gasteiger partial charge is 0.322 e. The third-order valence-electron chi connectivity index (χ3n) is 3.57. The van der Waals surface area contributed by atoms with E-state index in [9.17, 15) is 14.4 Å². The molecule has 2 atom stereocenters. The first-order chi connectivity index (χ1) is 8.09. The Bertz CT molecular complexity index is 345. The summed E-state index contributed by atoms with van der Waals surface area (Å²) in [6.45, 7) is -0.550. The van der Waals surface area contributed by atoms with Crippen LogP contribution in [-0.2, 0) is 14.4 Å². The average Bonchev–Trinajstić information content (AvgIpc) is 2.77. The minimum Gasteiger partial charge on any atom is -0.480 e. The van der Waals surface area contributed by atoms with Gasteiger partial charge in [-0.2, -0.15) is 0 Å². The van der Waals surface area contributed by atoms with Crippen molar-refractivity contribution in [3.63, 3.8) is 0 Å². The van der Waals surface area contributed by atoms with Crippen molar-refractivity contribution in [1.29, 1.82) is 0 Å². The molecule has 0 bridgehead atoms. The van der Waals surface area contributed by atoms with Crippen molar-refractivity contribution in [2.45, 2.75) is 19.3 Å². The lowest BCUT2D eigenvalue weighted by Crippen LogP contribution is -2.39. The second kappa shape index (κ2) is 4.73. The predicted octanol–water partition coefficient (Wildman–Crippen LogP) is -0.651. The molecule has 3 N–H and O–H groups in total. The molecule has 17 heavy (non-hydrogen) atoms. The fourth-order valence-corrected chi connectivity index (χ4v) is 2.73. The van der Waals surface area contributed by atoms with Crippen molar-refractivity contribution in [3.05, 3.63) is 0 Å². The Morgan fingerprint density at radius 3 is 2.29 bits per heavy atom. The molecule has 0 radical (unpaired) electrons. The summed E-state index contributed by atoms with van der Waals surface area (Å²) in [6, 6.07) is 0. The highest BCUT2D eigenvalue weighted by atomic mass is 16.4. The first-order valence-corrected chi connectivity index (χ1v) is 5.86. The van der Waals surface area contributed by atoms with Crippen molar-refractivity contribution in [3.8, 4) is 0 Å². The van der Waals surface area contributed by atoms with E-state index in [-0.39, 0.29) is 18.4 Å². The van der Waals surface area contributed by atoms with Gasteiger partial charge in [-0.25, -0.2) is 0 Å². The van der Waals surface area contributed by atoms with Gasteiger partial charge in [-0.3, -0.25) is 14.4 Å². The third kappa shape index (κ3) is 2.75. The van der Waals surface area contributed by atoms with E-state index in [2.05, 4.69) is 10.6 Å². The van der Waals surface area contributed by atoms with E-state index >= 15 is 0 Å². The first-order valence-electron chi connectivity index (χ1n) is 5.86.